The highest BCUT2D eigenvalue weighted by molar-refractivity contribution is 5.38. The van der Waals surface area contributed by atoms with Crippen LogP contribution in [0.2, 0.25) is 0 Å². The van der Waals surface area contributed by atoms with Crippen LogP contribution in [0.3, 0.4) is 0 Å². The van der Waals surface area contributed by atoms with Crippen molar-refractivity contribution < 1.29 is 14.6 Å². The van der Waals surface area contributed by atoms with Gasteiger partial charge in [-0.2, -0.15) is 0 Å². The number of nitrogens with zero attached hydrogens (tertiary/aromatic N) is 3. The summed E-state index contributed by atoms with van der Waals surface area (Å²) in [6, 6.07) is 9.63. The molecular weight excluding hydrogens is 306 g/mol. The lowest BCUT2D eigenvalue weighted by molar-refractivity contribution is -0.0536. The molecule has 24 heavy (non-hydrogen) atoms. The first kappa shape index (κ1) is 16.7. The highest BCUT2D eigenvalue weighted by Gasteiger charge is 2.34. The van der Waals surface area contributed by atoms with Crippen molar-refractivity contribution in [3.63, 3.8) is 0 Å². The maximum Gasteiger partial charge on any atom is 0.139 e. The summed E-state index contributed by atoms with van der Waals surface area (Å²) in [6.45, 7) is 5.88. The number of aromatic nitrogens is 2. The molecule has 1 N–H and O–H groups in total. The van der Waals surface area contributed by atoms with Gasteiger partial charge in [0.1, 0.15) is 29.6 Å². The van der Waals surface area contributed by atoms with Gasteiger partial charge in [-0.1, -0.05) is 17.7 Å². The first-order valence-electron chi connectivity index (χ1n) is 8.08. The van der Waals surface area contributed by atoms with E-state index in [0.29, 0.717) is 25.5 Å². The molecule has 6 nitrogen and oxygen atoms in total. The van der Waals surface area contributed by atoms with Gasteiger partial charge in [-0.25, -0.2) is 9.97 Å². The van der Waals surface area contributed by atoms with Gasteiger partial charge in [-0.15, -0.1) is 0 Å². The third-order valence-electron chi connectivity index (χ3n) is 3.98. The number of anilines is 1. The molecule has 1 saturated heterocycles. The lowest BCUT2D eigenvalue weighted by Crippen LogP contribution is -2.49. The summed E-state index contributed by atoms with van der Waals surface area (Å²) >= 11 is 0. The van der Waals surface area contributed by atoms with Crippen LogP contribution in [-0.4, -0.2) is 53.6 Å². The largest absolute Gasteiger partial charge is 0.490 e. The second-order valence-electron chi connectivity index (χ2n) is 6.26. The van der Waals surface area contributed by atoms with Crippen molar-refractivity contribution in [2.45, 2.75) is 19.4 Å². The zero-order chi connectivity index (χ0) is 17.0. The van der Waals surface area contributed by atoms with E-state index in [1.807, 2.05) is 49.1 Å². The van der Waals surface area contributed by atoms with E-state index in [-0.39, 0.29) is 13.2 Å². The van der Waals surface area contributed by atoms with E-state index in [4.69, 9.17) is 9.47 Å². The van der Waals surface area contributed by atoms with Crippen LogP contribution in [0.1, 0.15) is 11.4 Å². The molecule has 2 heterocycles. The van der Waals surface area contributed by atoms with Crippen molar-refractivity contribution in [2.75, 3.05) is 37.8 Å². The SMILES string of the molecule is Cc1ccc(OCC2(O)COCCN(c3ccnc(C)n3)C2)cc1. The molecule has 0 aliphatic carbocycles. The molecule has 1 atom stereocenters. The summed E-state index contributed by atoms with van der Waals surface area (Å²) in [5.74, 6) is 2.24. The van der Waals surface area contributed by atoms with Gasteiger partial charge in [0.2, 0.25) is 0 Å². The molecule has 2 aromatic rings. The van der Waals surface area contributed by atoms with Crippen molar-refractivity contribution in [3.05, 3.63) is 47.9 Å². The fourth-order valence-corrected chi connectivity index (χ4v) is 2.67. The van der Waals surface area contributed by atoms with Crippen molar-refractivity contribution in [2.24, 2.45) is 0 Å². The van der Waals surface area contributed by atoms with Crippen molar-refractivity contribution in [1.29, 1.82) is 0 Å². The predicted octanol–water partition coefficient (Wildman–Crippen LogP) is 1.74. The van der Waals surface area contributed by atoms with Gasteiger partial charge in [0.05, 0.1) is 19.8 Å². The summed E-state index contributed by atoms with van der Waals surface area (Å²) < 4.78 is 11.4. The molecule has 6 heteroatoms. The second kappa shape index (κ2) is 7.15. The van der Waals surface area contributed by atoms with E-state index < -0.39 is 5.60 Å². The zero-order valence-corrected chi connectivity index (χ0v) is 14.1. The standard InChI is InChI=1S/C18H23N3O3/c1-14-3-5-16(6-4-14)24-13-18(22)11-21(9-10-23-12-18)17-7-8-19-15(2)20-17/h3-8,22H,9-13H2,1-2H3. The van der Waals surface area contributed by atoms with E-state index in [2.05, 4.69) is 9.97 Å². The molecule has 0 bridgehead atoms. The quantitative estimate of drug-likeness (QED) is 0.921. The van der Waals surface area contributed by atoms with E-state index in [1.54, 1.807) is 6.20 Å². The topological polar surface area (TPSA) is 67.7 Å². The zero-order valence-electron chi connectivity index (χ0n) is 14.1. The highest BCUT2D eigenvalue weighted by atomic mass is 16.5. The number of ether oxygens (including phenoxy) is 2. The molecular formula is C18H23N3O3. The minimum Gasteiger partial charge on any atom is -0.490 e. The molecule has 1 aliphatic heterocycles. The van der Waals surface area contributed by atoms with E-state index >= 15 is 0 Å². The van der Waals surface area contributed by atoms with E-state index in [1.165, 1.54) is 5.56 Å². The Hall–Kier alpha value is -2.18. The van der Waals surface area contributed by atoms with Crippen LogP contribution in [-0.2, 0) is 4.74 Å². The summed E-state index contributed by atoms with van der Waals surface area (Å²) in [7, 11) is 0. The van der Waals surface area contributed by atoms with Gasteiger partial charge in [-0.05, 0) is 32.0 Å². The lowest BCUT2D eigenvalue weighted by atomic mass is 10.1. The van der Waals surface area contributed by atoms with Gasteiger partial charge in [0.15, 0.2) is 0 Å². The third-order valence-corrected chi connectivity index (χ3v) is 3.98. The van der Waals surface area contributed by atoms with Crippen molar-refractivity contribution >= 4 is 5.82 Å². The molecule has 0 amide bonds. The first-order valence-corrected chi connectivity index (χ1v) is 8.08. The predicted molar refractivity (Wildman–Crippen MR) is 91.4 cm³/mol. The molecule has 1 aliphatic rings. The summed E-state index contributed by atoms with van der Waals surface area (Å²) in [6.07, 6.45) is 1.73. The van der Waals surface area contributed by atoms with Gasteiger partial charge >= 0.3 is 0 Å². The Morgan fingerprint density at radius 3 is 2.79 bits per heavy atom. The molecule has 0 saturated carbocycles. The van der Waals surface area contributed by atoms with Crippen LogP contribution >= 0.6 is 0 Å². The number of hydrogen-bond donors (Lipinski definition) is 1. The van der Waals surface area contributed by atoms with Gasteiger partial charge in [0, 0.05) is 12.7 Å². The van der Waals surface area contributed by atoms with E-state index in [9.17, 15) is 5.11 Å². The van der Waals surface area contributed by atoms with Crippen LogP contribution in [0.5, 0.6) is 5.75 Å². The number of hydrogen-bond acceptors (Lipinski definition) is 6. The van der Waals surface area contributed by atoms with Crippen LogP contribution in [0.15, 0.2) is 36.5 Å². The Balaban J connectivity index is 1.69. The highest BCUT2D eigenvalue weighted by Crippen LogP contribution is 2.20. The number of benzene rings is 1. The maximum absolute atomic E-state index is 10.9. The minimum atomic E-state index is -1.10. The van der Waals surface area contributed by atoms with Crippen LogP contribution in [0.4, 0.5) is 5.82 Å². The number of β-amino-alcohol motifs (C(OH)–C–C–N with tert-alkyl or cyclic N) is 1. The summed E-state index contributed by atoms with van der Waals surface area (Å²) in [5, 5.41) is 10.9. The van der Waals surface area contributed by atoms with E-state index in [0.717, 1.165) is 11.6 Å². The number of rotatable bonds is 4. The summed E-state index contributed by atoms with van der Waals surface area (Å²) in [5.41, 5.74) is 0.0735. The first-order chi connectivity index (χ1) is 11.5. The molecule has 128 valence electrons. The maximum atomic E-state index is 10.9. The molecule has 0 radical (unpaired) electrons. The van der Waals surface area contributed by atoms with Crippen LogP contribution in [0, 0.1) is 13.8 Å². The molecule has 1 aromatic carbocycles. The lowest BCUT2D eigenvalue weighted by Gasteiger charge is -2.31. The molecule has 1 aromatic heterocycles. The van der Waals surface area contributed by atoms with Gasteiger partial charge in [-0.3, -0.25) is 0 Å². The average Bonchev–Trinajstić information content (AvgIpc) is 2.77. The smallest absolute Gasteiger partial charge is 0.139 e. The number of aliphatic hydroxyl groups is 1. The monoisotopic (exact) mass is 329 g/mol. The molecule has 3 rings (SSSR count). The Morgan fingerprint density at radius 1 is 1.25 bits per heavy atom. The molecule has 1 fully saturated rings. The Bertz CT molecular complexity index is 677. The normalized spacial score (nSPS) is 21.4. The van der Waals surface area contributed by atoms with Crippen molar-refractivity contribution in [1.82, 2.24) is 9.97 Å². The Labute approximate surface area is 142 Å². The third kappa shape index (κ3) is 4.21. The van der Waals surface area contributed by atoms with Crippen LogP contribution < -0.4 is 9.64 Å². The summed E-state index contributed by atoms with van der Waals surface area (Å²) in [4.78, 5) is 10.6. The van der Waals surface area contributed by atoms with Gasteiger partial charge < -0.3 is 19.5 Å². The minimum absolute atomic E-state index is 0.163. The Morgan fingerprint density at radius 2 is 2.04 bits per heavy atom. The average molecular weight is 329 g/mol. The fourth-order valence-electron chi connectivity index (χ4n) is 2.67. The fraction of sp³-hybridized carbons (Fsp3) is 0.444. The van der Waals surface area contributed by atoms with Crippen LogP contribution in [0.25, 0.3) is 0 Å². The Kier molecular flexibility index (Phi) is 4.97. The van der Waals surface area contributed by atoms with Gasteiger partial charge in [0.25, 0.3) is 0 Å². The van der Waals surface area contributed by atoms with Crippen molar-refractivity contribution in [3.8, 4) is 5.75 Å². The second-order valence-corrected chi connectivity index (χ2v) is 6.26. The number of aryl methyl sites for hydroxylation is 2. The molecule has 0 spiro atoms. The molecule has 1 unspecified atom stereocenters.